The molecule has 1 heterocycles. The van der Waals surface area contributed by atoms with Gasteiger partial charge in [-0.3, -0.25) is 9.59 Å². The minimum atomic E-state index is -4.78. The molecule has 0 radical (unpaired) electrons. The van der Waals surface area contributed by atoms with E-state index in [1.54, 1.807) is 29.2 Å². The quantitative estimate of drug-likeness (QED) is 0.205. The van der Waals surface area contributed by atoms with Gasteiger partial charge < -0.3 is 4.90 Å². The second-order valence-electron chi connectivity index (χ2n) is 9.80. The van der Waals surface area contributed by atoms with Crippen molar-refractivity contribution in [3.8, 4) is 11.1 Å². The van der Waals surface area contributed by atoms with Gasteiger partial charge in [0.05, 0.1) is 5.56 Å². The Morgan fingerprint density at radius 1 is 1.00 bits per heavy atom. The van der Waals surface area contributed by atoms with Crippen LogP contribution in [0.5, 0.6) is 0 Å². The van der Waals surface area contributed by atoms with Crippen molar-refractivity contribution in [3.05, 3.63) is 107 Å². The Kier molecular flexibility index (Phi) is 6.26. The van der Waals surface area contributed by atoms with Crippen LogP contribution in [-0.2, 0) is 19.1 Å². The minimum Gasteiger partial charge on any atom is -0.328 e. The summed E-state index contributed by atoms with van der Waals surface area (Å²) < 4.78 is 53.3. The number of alkyl halides is 3. The third-order valence-corrected chi connectivity index (χ3v) is 7.58. The van der Waals surface area contributed by atoms with E-state index in [9.17, 15) is 27.2 Å². The van der Waals surface area contributed by atoms with Gasteiger partial charge in [-0.25, -0.2) is 4.39 Å². The van der Waals surface area contributed by atoms with Gasteiger partial charge in [-0.1, -0.05) is 61.9 Å². The zero-order valence-electron chi connectivity index (χ0n) is 20.1. The van der Waals surface area contributed by atoms with Crippen molar-refractivity contribution in [1.29, 1.82) is 0 Å². The molecule has 1 amide bonds. The summed E-state index contributed by atoms with van der Waals surface area (Å²) in [5.74, 6) is -1.75. The van der Waals surface area contributed by atoms with E-state index in [-0.39, 0.29) is 18.2 Å². The molecule has 37 heavy (non-hydrogen) atoms. The number of halogens is 4. The van der Waals surface area contributed by atoms with E-state index < -0.39 is 23.1 Å². The van der Waals surface area contributed by atoms with Crippen LogP contribution in [0.25, 0.3) is 11.1 Å². The lowest BCUT2D eigenvalue weighted by Gasteiger charge is -2.46. The maximum Gasteiger partial charge on any atom is 0.419 e. The number of ketones is 1. The predicted molar refractivity (Wildman–Crippen MR) is 133 cm³/mol. The van der Waals surface area contributed by atoms with E-state index in [0.717, 1.165) is 54.5 Å². The van der Waals surface area contributed by atoms with E-state index in [1.165, 1.54) is 12.1 Å². The first-order valence-electron chi connectivity index (χ1n) is 12.2. The smallest absolute Gasteiger partial charge is 0.328 e. The van der Waals surface area contributed by atoms with Gasteiger partial charge in [-0.2, -0.15) is 13.2 Å². The molecule has 0 N–H and O–H groups in total. The van der Waals surface area contributed by atoms with Crippen molar-refractivity contribution in [3.63, 3.8) is 0 Å². The van der Waals surface area contributed by atoms with Gasteiger partial charge >= 0.3 is 6.18 Å². The number of nitrogens with zero attached hydrogens (tertiary/aromatic N) is 1. The van der Waals surface area contributed by atoms with Gasteiger partial charge in [0.2, 0.25) is 0 Å². The second kappa shape index (κ2) is 9.29. The molecule has 1 fully saturated rings. The van der Waals surface area contributed by atoms with Crippen LogP contribution >= 0.6 is 0 Å². The Bertz CT molecular complexity index is 1400. The van der Waals surface area contributed by atoms with Gasteiger partial charge in [-0.05, 0) is 65.8 Å². The second-order valence-corrected chi connectivity index (χ2v) is 9.80. The predicted octanol–water partition coefficient (Wildman–Crippen LogP) is 7.39. The highest BCUT2D eigenvalue weighted by atomic mass is 19.4. The van der Waals surface area contributed by atoms with Crippen molar-refractivity contribution in [2.75, 3.05) is 0 Å². The lowest BCUT2D eigenvalue weighted by molar-refractivity contribution is -0.140. The molecule has 3 aromatic rings. The first-order chi connectivity index (χ1) is 17.6. The molecule has 1 spiro atoms. The third-order valence-electron chi connectivity index (χ3n) is 7.58. The summed E-state index contributed by atoms with van der Waals surface area (Å²) >= 11 is 0. The largest absolute Gasteiger partial charge is 0.419 e. The molecular weight excluding hydrogens is 482 g/mol. The van der Waals surface area contributed by atoms with Crippen LogP contribution in [0.3, 0.4) is 0 Å². The molecule has 1 saturated carbocycles. The van der Waals surface area contributed by atoms with Gasteiger partial charge in [0.15, 0.2) is 5.78 Å². The standard InChI is InChI=1S/C30H25F4NO2/c1-2-27(36)24-8-4-3-7-22(24)20-10-11-23-21(16-20)17-29(13-5-6-14-29)35(28(23)37)18-19-9-12-25(26(31)15-19)30(32,33)34/h2-4,7-12,15-16H,1,5-6,13-14,17-18H2. The zero-order chi connectivity index (χ0) is 26.4. The fraction of sp³-hybridized carbons (Fsp3) is 0.267. The minimum absolute atomic E-state index is 0.0335. The Balaban J connectivity index is 1.52. The zero-order valence-corrected chi connectivity index (χ0v) is 20.1. The Morgan fingerprint density at radius 2 is 1.73 bits per heavy atom. The molecule has 7 heteroatoms. The summed E-state index contributed by atoms with van der Waals surface area (Å²) in [6.07, 6.45) is 0.461. The van der Waals surface area contributed by atoms with Gasteiger partial charge in [0.25, 0.3) is 5.91 Å². The van der Waals surface area contributed by atoms with Crippen LogP contribution in [-0.4, -0.2) is 22.1 Å². The van der Waals surface area contributed by atoms with Crippen molar-refractivity contribution < 1.29 is 27.2 Å². The van der Waals surface area contributed by atoms with Gasteiger partial charge in [0, 0.05) is 23.2 Å². The molecule has 5 rings (SSSR count). The van der Waals surface area contributed by atoms with Crippen molar-refractivity contribution >= 4 is 11.7 Å². The number of amides is 1. The Morgan fingerprint density at radius 3 is 2.41 bits per heavy atom. The SMILES string of the molecule is C=CC(=O)c1ccccc1-c1ccc2c(c1)CC1(CCCC1)N(Cc1ccc(C(F)(F)F)c(F)c1)C2=O. The van der Waals surface area contributed by atoms with Crippen molar-refractivity contribution in [2.24, 2.45) is 0 Å². The Labute approximate surface area is 212 Å². The van der Waals surface area contributed by atoms with Crippen LogP contribution in [0.2, 0.25) is 0 Å². The molecule has 0 aromatic heterocycles. The number of benzene rings is 3. The number of allylic oxidation sites excluding steroid dienone is 1. The number of carbonyl (C=O) groups is 2. The molecule has 1 aliphatic heterocycles. The summed E-state index contributed by atoms with van der Waals surface area (Å²) in [4.78, 5) is 27.9. The van der Waals surface area contributed by atoms with Crippen LogP contribution in [0.15, 0.2) is 73.3 Å². The average molecular weight is 508 g/mol. The van der Waals surface area contributed by atoms with E-state index in [2.05, 4.69) is 6.58 Å². The van der Waals surface area contributed by atoms with E-state index in [1.807, 2.05) is 18.2 Å². The van der Waals surface area contributed by atoms with Gasteiger partial charge in [0.1, 0.15) is 5.82 Å². The number of hydrogen-bond donors (Lipinski definition) is 0. The summed E-state index contributed by atoms with van der Waals surface area (Å²) in [6.45, 7) is 3.62. The maximum atomic E-state index is 14.3. The fourth-order valence-corrected chi connectivity index (χ4v) is 5.78. The van der Waals surface area contributed by atoms with E-state index in [0.29, 0.717) is 23.1 Å². The number of hydrogen-bond acceptors (Lipinski definition) is 2. The summed E-state index contributed by atoms with van der Waals surface area (Å²) in [7, 11) is 0. The van der Waals surface area contributed by atoms with Crippen LogP contribution < -0.4 is 0 Å². The molecule has 0 saturated heterocycles. The topological polar surface area (TPSA) is 37.4 Å². The highest BCUT2D eigenvalue weighted by Crippen LogP contribution is 2.44. The monoisotopic (exact) mass is 507 g/mol. The van der Waals surface area contributed by atoms with E-state index in [4.69, 9.17) is 0 Å². The molecular formula is C30H25F4NO2. The Hall–Kier alpha value is -3.74. The normalized spacial score (nSPS) is 16.6. The summed E-state index contributed by atoms with van der Waals surface area (Å²) in [6, 6.07) is 15.6. The highest BCUT2D eigenvalue weighted by molar-refractivity contribution is 6.09. The number of carbonyl (C=O) groups excluding carboxylic acids is 2. The van der Waals surface area contributed by atoms with Crippen molar-refractivity contribution in [2.45, 2.75) is 50.4 Å². The molecule has 1 aliphatic carbocycles. The number of rotatable bonds is 5. The highest BCUT2D eigenvalue weighted by Gasteiger charge is 2.46. The number of fused-ring (bicyclic) bond motifs is 1. The molecule has 0 unspecified atom stereocenters. The first kappa shape index (κ1) is 24.9. The molecule has 3 aromatic carbocycles. The molecule has 0 atom stereocenters. The average Bonchev–Trinajstić information content (AvgIpc) is 3.33. The fourth-order valence-electron chi connectivity index (χ4n) is 5.78. The van der Waals surface area contributed by atoms with Gasteiger partial charge in [-0.15, -0.1) is 0 Å². The van der Waals surface area contributed by atoms with Crippen molar-refractivity contribution in [1.82, 2.24) is 4.90 Å². The molecule has 0 bridgehead atoms. The lowest BCUT2D eigenvalue weighted by Crippen LogP contribution is -2.54. The summed E-state index contributed by atoms with van der Waals surface area (Å²) in [5, 5.41) is 0. The van der Waals surface area contributed by atoms with E-state index >= 15 is 0 Å². The molecule has 3 nitrogen and oxygen atoms in total. The van der Waals surface area contributed by atoms with Crippen LogP contribution in [0, 0.1) is 5.82 Å². The molecule has 190 valence electrons. The maximum absolute atomic E-state index is 14.3. The first-order valence-corrected chi connectivity index (χ1v) is 12.2. The van der Waals surface area contributed by atoms with Crippen LogP contribution in [0.1, 0.15) is 63.1 Å². The molecule has 2 aliphatic rings. The van der Waals surface area contributed by atoms with Crippen LogP contribution in [0.4, 0.5) is 17.6 Å². The summed E-state index contributed by atoms with van der Waals surface area (Å²) in [5.41, 5.74) is 2.02. The lowest BCUT2D eigenvalue weighted by atomic mass is 9.79. The third kappa shape index (κ3) is 4.47.